The maximum atomic E-state index is 10.4. The van der Waals surface area contributed by atoms with Gasteiger partial charge in [-0.15, -0.1) is 0 Å². The van der Waals surface area contributed by atoms with E-state index in [-0.39, 0.29) is 6.61 Å². The van der Waals surface area contributed by atoms with Crippen molar-refractivity contribution in [3.05, 3.63) is 35.9 Å². The number of aliphatic hydroxyl groups is 1. The van der Waals surface area contributed by atoms with Crippen LogP contribution in [-0.2, 0) is 4.79 Å². The quantitative estimate of drug-likeness (QED) is 0.588. The molecule has 0 radical (unpaired) electrons. The first-order valence-electron chi connectivity index (χ1n) is 4.71. The molecular formula is C12H14O3. The van der Waals surface area contributed by atoms with Crippen LogP contribution in [-0.4, -0.2) is 25.1 Å². The van der Waals surface area contributed by atoms with Gasteiger partial charge in [-0.2, -0.15) is 0 Å². The van der Waals surface area contributed by atoms with Gasteiger partial charge in [0, 0.05) is 6.61 Å². The number of ether oxygens (including phenoxy) is 1. The monoisotopic (exact) mass is 206 g/mol. The summed E-state index contributed by atoms with van der Waals surface area (Å²) in [5.41, 5.74) is 1.76. The molecule has 0 aliphatic heterocycles. The van der Waals surface area contributed by atoms with Crippen molar-refractivity contribution in [1.82, 2.24) is 0 Å². The number of methoxy groups -OCH3 is 1. The van der Waals surface area contributed by atoms with E-state index in [0.717, 1.165) is 23.2 Å². The van der Waals surface area contributed by atoms with E-state index in [1.165, 1.54) is 6.08 Å². The number of hydrogen-bond donors (Lipinski definition) is 1. The molecule has 1 N–H and O–H groups in total. The largest absolute Gasteiger partial charge is 0.497 e. The van der Waals surface area contributed by atoms with Gasteiger partial charge in [0.05, 0.1) is 7.11 Å². The highest BCUT2D eigenvalue weighted by molar-refractivity contribution is 5.81. The summed E-state index contributed by atoms with van der Waals surface area (Å²) in [5, 5.41) is 8.84. The molecule has 1 aromatic carbocycles. The minimum Gasteiger partial charge on any atom is -0.497 e. The minimum absolute atomic E-state index is 0.0334. The molecule has 15 heavy (non-hydrogen) atoms. The molecule has 0 saturated heterocycles. The van der Waals surface area contributed by atoms with Crippen molar-refractivity contribution in [2.45, 2.75) is 6.42 Å². The lowest BCUT2D eigenvalue weighted by atomic mass is 10.0. The third-order valence-corrected chi connectivity index (χ3v) is 2.11. The maximum Gasteiger partial charge on any atom is 0.143 e. The average molecular weight is 206 g/mol. The lowest BCUT2D eigenvalue weighted by Gasteiger charge is -2.06. The van der Waals surface area contributed by atoms with Crippen molar-refractivity contribution in [2.75, 3.05) is 13.7 Å². The van der Waals surface area contributed by atoms with Gasteiger partial charge in [0.15, 0.2) is 0 Å². The standard InChI is InChI=1S/C12H14O3/c1-15-12-4-2-10(3-5-12)11(6-8-13)7-9-14/h2-6,8,14H,7,9H2,1H3/b11-6-. The van der Waals surface area contributed by atoms with Crippen molar-refractivity contribution < 1.29 is 14.6 Å². The molecule has 0 saturated carbocycles. The first-order chi connectivity index (χ1) is 7.31. The molecule has 0 fully saturated rings. The minimum atomic E-state index is 0.0334. The molecule has 0 unspecified atom stereocenters. The number of aldehydes is 1. The predicted molar refractivity (Wildman–Crippen MR) is 58.7 cm³/mol. The van der Waals surface area contributed by atoms with Crippen molar-refractivity contribution >= 4 is 11.9 Å². The van der Waals surface area contributed by atoms with Crippen LogP contribution in [0.2, 0.25) is 0 Å². The second kappa shape index (κ2) is 5.98. The molecule has 3 heteroatoms. The maximum absolute atomic E-state index is 10.4. The molecule has 0 aliphatic carbocycles. The van der Waals surface area contributed by atoms with Crippen LogP contribution in [0.1, 0.15) is 12.0 Å². The van der Waals surface area contributed by atoms with E-state index < -0.39 is 0 Å². The number of benzene rings is 1. The summed E-state index contributed by atoms with van der Waals surface area (Å²) >= 11 is 0. The van der Waals surface area contributed by atoms with Crippen LogP contribution in [0.15, 0.2) is 30.3 Å². The third-order valence-electron chi connectivity index (χ3n) is 2.11. The van der Waals surface area contributed by atoms with Gasteiger partial charge >= 0.3 is 0 Å². The molecule has 0 atom stereocenters. The van der Waals surface area contributed by atoms with Gasteiger partial charge in [-0.05, 0) is 35.8 Å². The Morgan fingerprint density at radius 1 is 1.40 bits per heavy atom. The van der Waals surface area contributed by atoms with Crippen molar-refractivity contribution in [1.29, 1.82) is 0 Å². The van der Waals surface area contributed by atoms with Crippen LogP contribution in [0.4, 0.5) is 0 Å². The van der Waals surface area contributed by atoms with E-state index in [0.29, 0.717) is 6.42 Å². The highest BCUT2D eigenvalue weighted by atomic mass is 16.5. The van der Waals surface area contributed by atoms with Crippen LogP contribution in [0.3, 0.4) is 0 Å². The lowest BCUT2D eigenvalue weighted by Crippen LogP contribution is -1.90. The first-order valence-corrected chi connectivity index (χ1v) is 4.71. The van der Waals surface area contributed by atoms with E-state index in [4.69, 9.17) is 9.84 Å². The average Bonchev–Trinajstić information content (AvgIpc) is 2.29. The number of allylic oxidation sites excluding steroid dienone is 1. The third kappa shape index (κ3) is 3.22. The first kappa shape index (κ1) is 11.5. The summed E-state index contributed by atoms with van der Waals surface area (Å²) in [6.07, 6.45) is 2.68. The highest BCUT2D eigenvalue weighted by Gasteiger charge is 2.00. The van der Waals surface area contributed by atoms with E-state index in [1.54, 1.807) is 7.11 Å². The molecule has 0 aliphatic rings. The van der Waals surface area contributed by atoms with Gasteiger partial charge in [0.1, 0.15) is 12.0 Å². The fraction of sp³-hybridized carbons (Fsp3) is 0.250. The normalized spacial score (nSPS) is 11.2. The van der Waals surface area contributed by atoms with E-state index in [1.807, 2.05) is 24.3 Å². The molecule has 0 aromatic heterocycles. The number of aliphatic hydroxyl groups excluding tert-OH is 1. The van der Waals surface area contributed by atoms with Gasteiger partial charge in [0.2, 0.25) is 0 Å². The summed E-state index contributed by atoms with van der Waals surface area (Å²) < 4.78 is 5.03. The molecule has 0 bridgehead atoms. The van der Waals surface area contributed by atoms with Crippen molar-refractivity contribution in [3.63, 3.8) is 0 Å². The molecule has 1 rings (SSSR count). The van der Waals surface area contributed by atoms with Crippen molar-refractivity contribution in [3.8, 4) is 5.75 Å². The Labute approximate surface area is 89.0 Å². The molecule has 3 nitrogen and oxygen atoms in total. The number of hydrogen-bond acceptors (Lipinski definition) is 3. The Kier molecular flexibility index (Phi) is 4.57. The SMILES string of the molecule is COc1ccc(/C(=C\C=O)CCO)cc1. The zero-order valence-corrected chi connectivity index (χ0v) is 8.64. The molecule has 1 aromatic rings. The Balaban J connectivity index is 2.91. The smallest absolute Gasteiger partial charge is 0.143 e. The zero-order valence-electron chi connectivity index (χ0n) is 8.64. The topological polar surface area (TPSA) is 46.5 Å². The number of rotatable bonds is 5. The summed E-state index contributed by atoms with van der Waals surface area (Å²) in [5.74, 6) is 0.771. The van der Waals surface area contributed by atoms with Crippen LogP contribution < -0.4 is 4.74 Å². The van der Waals surface area contributed by atoms with Gasteiger partial charge < -0.3 is 9.84 Å². The number of carbonyl (C=O) groups is 1. The number of carbonyl (C=O) groups excluding carboxylic acids is 1. The predicted octanol–water partition coefficient (Wildman–Crippen LogP) is 1.66. The molecule has 0 amide bonds. The Morgan fingerprint density at radius 2 is 2.07 bits per heavy atom. The van der Waals surface area contributed by atoms with Crippen LogP contribution in [0, 0.1) is 0 Å². The van der Waals surface area contributed by atoms with Gasteiger partial charge in [-0.3, -0.25) is 4.79 Å². The van der Waals surface area contributed by atoms with Crippen LogP contribution in [0.5, 0.6) is 5.75 Å². The van der Waals surface area contributed by atoms with Gasteiger partial charge in [-0.1, -0.05) is 12.1 Å². The Hall–Kier alpha value is -1.61. The highest BCUT2D eigenvalue weighted by Crippen LogP contribution is 2.20. The lowest BCUT2D eigenvalue weighted by molar-refractivity contribution is -0.104. The van der Waals surface area contributed by atoms with Gasteiger partial charge in [0.25, 0.3) is 0 Å². The van der Waals surface area contributed by atoms with E-state index in [2.05, 4.69) is 0 Å². The van der Waals surface area contributed by atoms with E-state index in [9.17, 15) is 4.79 Å². The van der Waals surface area contributed by atoms with Crippen LogP contribution >= 0.6 is 0 Å². The fourth-order valence-electron chi connectivity index (χ4n) is 1.33. The molecule has 0 heterocycles. The van der Waals surface area contributed by atoms with Crippen molar-refractivity contribution in [2.24, 2.45) is 0 Å². The van der Waals surface area contributed by atoms with E-state index >= 15 is 0 Å². The Bertz CT molecular complexity index is 338. The molecule has 80 valence electrons. The summed E-state index contributed by atoms with van der Waals surface area (Å²) in [6.45, 7) is 0.0334. The van der Waals surface area contributed by atoms with Gasteiger partial charge in [-0.25, -0.2) is 0 Å². The fourth-order valence-corrected chi connectivity index (χ4v) is 1.33. The second-order valence-electron chi connectivity index (χ2n) is 3.03. The molecule has 0 spiro atoms. The Morgan fingerprint density at radius 3 is 2.53 bits per heavy atom. The summed E-state index contributed by atoms with van der Waals surface area (Å²) in [7, 11) is 1.60. The molecular weight excluding hydrogens is 192 g/mol. The zero-order chi connectivity index (χ0) is 11.1. The summed E-state index contributed by atoms with van der Waals surface area (Å²) in [4.78, 5) is 10.4. The second-order valence-corrected chi connectivity index (χ2v) is 3.03. The van der Waals surface area contributed by atoms with Crippen LogP contribution in [0.25, 0.3) is 5.57 Å². The summed E-state index contributed by atoms with van der Waals surface area (Å²) in [6, 6.07) is 7.38.